The molecule has 0 bridgehead atoms. The zero-order valence-corrected chi connectivity index (χ0v) is 16.2. The molecule has 12 nitrogen and oxygen atoms in total. The van der Waals surface area contributed by atoms with Crippen LogP contribution in [0.5, 0.6) is 0 Å². The largest absolute Gasteiger partial charge is 0.393 e. The second-order valence-corrected chi connectivity index (χ2v) is 7.77. The maximum Gasteiger partial charge on any atom is 0.228 e. The fraction of sp³-hybridized carbons (Fsp3) is 0.714. The summed E-state index contributed by atoms with van der Waals surface area (Å²) in [6.07, 6.45) is 2.28. The highest BCUT2D eigenvalue weighted by atomic mass is 32.2. The summed E-state index contributed by atoms with van der Waals surface area (Å²) >= 11 is 1.48. The lowest BCUT2D eigenvalue weighted by atomic mass is 10.2. The van der Waals surface area contributed by atoms with E-state index in [2.05, 4.69) is 16.9 Å². The van der Waals surface area contributed by atoms with E-state index in [1.54, 1.807) is 0 Å². The molecular weight excluding hydrogens is 372 g/mol. The predicted molar refractivity (Wildman–Crippen MR) is 105 cm³/mol. The Morgan fingerprint density at radius 1 is 1.22 bits per heavy atom. The number of thioether (sulfide) groups is 1. The molecular formula is C14H30N10O2S. The minimum absolute atomic E-state index is 0.157. The number of hydrogen-bond donors (Lipinski definition) is 8. The van der Waals surface area contributed by atoms with Crippen molar-refractivity contribution in [2.24, 2.45) is 28.8 Å². The van der Waals surface area contributed by atoms with Crippen molar-refractivity contribution in [1.29, 1.82) is 0 Å². The van der Waals surface area contributed by atoms with Crippen LogP contribution in [0.3, 0.4) is 0 Å². The topological polar surface area (TPSA) is 241 Å². The van der Waals surface area contributed by atoms with Gasteiger partial charge in [0.1, 0.15) is 5.69 Å². The Morgan fingerprint density at radius 2 is 1.89 bits per heavy atom. The van der Waals surface area contributed by atoms with E-state index >= 15 is 0 Å². The smallest absolute Gasteiger partial charge is 0.228 e. The number of aromatic nitrogens is 2. The normalized spacial score (nSPS) is 20.9. The molecule has 13 heteroatoms. The Kier molecular flexibility index (Phi) is 6.70. The highest BCUT2D eigenvalue weighted by Gasteiger charge is 2.44. The number of anilines is 3. The molecule has 1 aliphatic carbocycles. The fourth-order valence-corrected chi connectivity index (χ4v) is 3.43. The van der Waals surface area contributed by atoms with Gasteiger partial charge in [0.2, 0.25) is 11.7 Å². The first-order valence-electron chi connectivity index (χ1n) is 8.61. The van der Waals surface area contributed by atoms with Gasteiger partial charge in [-0.05, 0) is 25.7 Å². The molecule has 0 aromatic carbocycles. The highest BCUT2D eigenvalue weighted by molar-refractivity contribution is 7.99. The Hall–Kier alpha value is -1.45. The second kappa shape index (κ2) is 8.28. The molecule has 1 heterocycles. The standard InChI is InChI=1S/C14H30N10O2S/c1-2-5-27-12-22-10(16)9(15)11(23-12)24(21)7-3-4-8(6-7)26-14(19,20)13(17,18)25/h7-8,25H,2-6,15,17-21H2,1H3,(H2,16,22,23). The van der Waals surface area contributed by atoms with Gasteiger partial charge in [-0.2, -0.15) is 0 Å². The van der Waals surface area contributed by atoms with E-state index in [9.17, 15) is 5.11 Å². The van der Waals surface area contributed by atoms with Gasteiger partial charge in [0, 0.05) is 11.8 Å². The summed E-state index contributed by atoms with van der Waals surface area (Å²) in [5, 5.41) is 11.6. The molecule has 0 spiro atoms. The molecule has 2 atom stereocenters. The van der Waals surface area contributed by atoms with Crippen molar-refractivity contribution in [3.8, 4) is 0 Å². The molecule has 2 rings (SSSR count). The van der Waals surface area contributed by atoms with Gasteiger partial charge in [0.05, 0.1) is 6.10 Å². The summed E-state index contributed by atoms with van der Waals surface area (Å²) in [5.41, 5.74) is 34.2. The van der Waals surface area contributed by atoms with Crippen LogP contribution < -0.4 is 45.3 Å². The zero-order valence-electron chi connectivity index (χ0n) is 15.3. The number of aliphatic hydroxyl groups is 1. The Bertz CT molecular complexity index is 654. The molecule has 0 radical (unpaired) electrons. The minimum atomic E-state index is -2.38. The van der Waals surface area contributed by atoms with Crippen molar-refractivity contribution in [2.75, 3.05) is 22.2 Å². The van der Waals surface area contributed by atoms with Crippen LogP contribution in [0, 0.1) is 0 Å². The number of rotatable bonds is 8. The summed E-state index contributed by atoms with van der Waals surface area (Å²) < 4.78 is 5.49. The van der Waals surface area contributed by atoms with Crippen molar-refractivity contribution in [3.63, 3.8) is 0 Å². The third-order valence-corrected chi connectivity index (χ3v) is 5.41. The summed E-state index contributed by atoms with van der Waals surface area (Å²) in [7, 11) is 0. The molecule has 27 heavy (non-hydrogen) atoms. The molecule has 154 valence electrons. The van der Waals surface area contributed by atoms with Crippen molar-refractivity contribution in [3.05, 3.63) is 0 Å². The molecule has 0 saturated heterocycles. The van der Waals surface area contributed by atoms with Crippen LogP contribution in [-0.4, -0.2) is 44.7 Å². The van der Waals surface area contributed by atoms with Crippen molar-refractivity contribution < 1.29 is 9.84 Å². The lowest BCUT2D eigenvalue weighted by molar-refractivity contribution is -0.197. The van der Waals surface area contributed by atoms with E-state index in [0.29, 0.717) is 30.2 Å². The Balaban J connectivity index is 2.11. The predicted octanol–water partition coefficient (Wildman–Crippen LogP) is -2.10. The Morgan fingerprint density at radius 3 is 2.48 bits per heavy atom. The molecule has 1 aromatic rings. The van der Waals surface area contributed by atoms with Gasteiger partial charge in [-0.25, -0.2) is 15.8 Å². The molecule has 2 unspecified atom stereocenters. The maximum atomic E-state index is 9.62. The Labute approximate surface area is 162 Å². The van der Waals surface area contributed by atoms with Gasteiger partial charge < -0.3 is 21.3 Å². The zero-order chi connectivity index (χ0) is 20.4. The lowest BCUT2D eigenvalue weighted by Gasteiger charge is -2.37. The molecule has 1 aromatic heterocycles. The maximum absolute atomic E-state index is 9.62. The lowest BCUT2D eigenvalue weighted by Crippen LogP contribution is -2.78. The SMILES string of the molecule is CCCSc1nc(N)c(N)c(N(N)C2CCC(OC(N)(N)C(N)(N)O)C2)n1. The van der Waals surface area contributed by atoms with Gasteiger partial charge >= 0.3 is 0 Å². The van der Waals surface area contributed by atoms with Gasteiger partial charge in [0.25, 0.3) is 0 Å². The molecule has 15 N–H and O–H groups in total. The molecule has 1 aliphatic rings. The van der Waals surface area contributed by atoms with Gasteiger partial charge in [0.15, 0.2) is 16.8 Å². The molecule has 0 aliphatic heterocycles. The number of ether oxygens (including phenoxy) is 1. The van der Waals surface area contributed by atoms with Crippen LogP contribution in [0.25, 0.3) is 0 Å². The van der Waals surface area contributed by atoms with Crippen LogP contribution in [0.1, 0.15) is 32.6 Å². The first-order chi connectivity index (χ1) is 12.5. The average Bonchev–Trinajstić information content (AvgIpc) is 3.01. The van der Waals surface area contributed by atoms with Crippen LogP contribution in [-0.2, 0) is 4.74 Å². The van der Waals surface area contributed by atoms with Crippen LogP contribution >= 0.6 is 11.8 Å². The van der Waals surface area contributed by atoms with E-state index in [-0.39, 0.29) is 17.5 Å². The number of hydrazine groups is 1. The first kappa shape index (κ1) is 21.8. The van der Waals surface area contributed by atoms with Crippen LogP contribution in [0.15, 0.2) is 5.16 Å². The average molecular weight is 403 g/mol. The summed E-state index contributed by atoms with van der Waals surface area (Å²) in [6.45, 7) is 2.06. The van der Waals surface area contributed by atoms with E-state index in [4.69, 9.17) is 45.0 Å². The highest BCUT2D eigenvalue weighted by Crippen LogP contribution is 2.33. The van der Waals surface area contributed by atoms with Crippen molar-refractivity contribution in [2.45, 2.75) is 61.6 Å². The number of nitrogens with two attached hydrogens (primary N) is 7. The molecule has 1 fully saturated rings. The van der Waals surface area contributed by atoms with Gasteiger partial charge in [-0.3, -0.25) is 27.9 Å². The fourth-order valence-electron chi connectivity index (χ4n) is 2.73. The van der Waals surface area contributed by atoms with Crippen molar-refractivity contribution >= 4 is 29.1 Å². The van der Waals surface area contributed by atoms with E-state index in [1.165, 1.54) is 16.8 Å². The van der Waals surface area contributed by atoms with Crippen molar-refractivity contribution in [1.82, 2.24) is 9.97 Å². The van der Waals surface area contributed by atoms with Gasteiger partial charge in [-0.1, -0.05) is 18.7 Å². The van der Waals surface area contributed by atoms with E-state index in [0.717, 1.165) is 12.2 Å². The van der Waals surface area contributed by atoms with Crippen LogP contribution in [0.4, 0.5) is 17.3 Å². The number of nitrogen functional groups attached to an aromatic ring is 2. The molecule has 1 saturated carbocycles. The monoisotopic (exact) mass is 402 g/mol. The first-order valence-corrected chi connectivity index (χ1v) is 9.60. The summed E-state index contributed by atoms with van der Waals surface area (Å²) in [4.78, 5) is 8.61. The molecule has 0 amide bonds. The number of nitrogens with zero attached hydrogens (tertiary/aromatic N) is 3. The van der Waals surface area contributed by atoms with Gasteiger partial charge in [-0.15, -0.1) is 0 Å². The summed E-state index contributed by atoms with van der Waals surface area (Å²) in [6, 6.07) is -0.157. The minimum Gasteiger partial charge on any atom is -0.393 e. The number of hydrogen-bond acceptors (Lipinski definition) is 13. The van der Waals surface area contributed by atoms with E-state index in [1.807, 2.05) is 0 Å². The third-order valence-electron chi connectivity index (χ3n) is 4.35. The van der Waals surface area contributed by atoms with E-state index < -0.39 is 17.8 Å². The third kappa shape index (κ3) is 5.08. The second-order valence-electron chi connectivity index (χ2n) is 6.71. The quantitative estimate of drug-likeness (QED) is 0.0764. The van der Waals surface area contributed by atoms with Crippen LogP contribution in [0.2, 0.25) is 0 Å². The summed E-state index contributed by atoms with van der Waals surface area (Å²) in [5.74, 6) is 3.16.